The molecule has 0 spiro atoms. The van der Waals surface area contributed by atoms with E-state index < -0.39 is 5.60 Å². The molecular weight excluding hydrogens is 156 g/mol. The van der Waals surface area contributed by atoms with E-state index in [0.29, 0.717) is 19.0 Å². The van der Waals surface area contributed by atoms with Crippen molar-refractivity contribution < 1.29 is 9.90 Å². The highest BCUT2D eigenvalue weighted by atomic mass is 16.3. The lowest BCUT2D eigenvalue weighted by Gasteiger charge is -2.19. The molecule has 1 aliphatic heterocycles. The molecular formula is C8H14N2O2. The van der Waals surface area contributed by atoms with Crippen molar-refractivity contribution in [3.05, 3.63) is 0 Å². The third-order valence-corrected chi connectivity index (χ3v) is 2.47. The van der Waals surface area contributed by atoms with Crippen LogP contribution in [-0.2, 0) is 4.79 Å². The number of hydrogen-bond donors (Lipinski definition) is 3. The first-order chi connectivity index (χ1) is 5.71. The Kier molecular flexibility index (Phi) is 1.81. The fourth-order valence-corrected chi connectivity index (χ4v) is 1.42. The summed E-state index contributed by atoms with van der Waals surface area (Å²) < 4.78 is 0. The van der Waals surface area contributed by atoms with Gasteiger partial charge in [0, 0.05) is 12.6 Å². The first-order valence-electron chi connectivity index (χ1n) is 4.45. The first kappa shape index (κ1) is 8.01. The smallest absolute Gasteiger partial charge is 0.253 e. The number of β-amino-alcohol motifs (C(OH)–C–C–N with tert-alkyl or cyclic N) is 1. The molecule has 0 radical (unpaired) electrons. The molecule has 1 atom stereocenters. The first-order valence-corrected chi connectivity index (χ1v) is 4.45. The zero-order valence-electron chi connectivity index (χ0n) is 6.97. The van der Waals surface area contributed by atoms with Gasteiger partial charge in [0.05, 0.1) is 0 Å². The normalized spacial score (nSPS) is 35.1. The van der Waals surface area contributed by atoms with Gasteiger partial charge < -0.3 is 15.7 Å². The molecule has 1 aliphatic carbocycles. The van der Waals surface area contributed by atoms with Crippen molar-refractivity contribution in [1.82, 2.24) is 10.6 Å². The highest BCUT2D eigenvalue weighted by Crippen LogP contribution is 2.21. The zero-order valence-corrected chi connectivity index (χ0v) is 6.97. The Morgan fingerprint density at radius 1 is 1.58 bits per heavy atom. The summed E-state index contributed by atoms with van der Waals surface area (Å²) in [5.41, 5.74) is -1.14. The molecule has 1 heterocycles. The van der Waals surface area contributed by atoms with Crippen LogP contribution in [0.2, 0.25) is 0 Å². The molecule has 1 amide bonds. The van der Waals surface area contributed by atoms with Crippen LogP contribution in [0, 0.1) is 0 Å². The van der Waals surface area contributed by atoms with Crippen LogP contribution >= 0.6 is 0 Å². The van der Waals surface area contributed by atoms with E-state index in [1.54, 1.807) is 0 Å². The van der Waals surface area contributed by atoms with Crippen LogP contribution < -0.4 is 10.6 Å². The van der Waals surface area contributed by atoms with Crippen LogP contribution in [0.15, 0.2) is 0 Å². The summed E-state index contributed by atoms with van der Waals surface area (Å²) in [4.78, 5) is 11.4. The van der Waals surface area contributed by atoms with Gasteiger partial charge in [-0.25, -0.2) is 0 Å². The summed E-state index contributed by atoms with van der Waals surface area (Å²) in [7, 11) is 0. The van der Waals surface area contributed by atoms with Gasteiger partial charge in [-0.1, -0.05) is 0 Å². The van der Waals surface area contributed by atoms with Crippen molar-refractivity contribution in [2.75, 3.05) is 13.1 Å². The van der Waals surface area contributed by atoms with Crippen LogP contribution in [0.1, 0.15) is 19.3 Å². The van der Waals surface area contributed by atoms with Crippen molar-refractivity contribution in [2.45, 2.75) is 30.9 Å². The van der Waals surface area contributed by atoms with Gasteiger partial charge >= 0.3 is 0 Å². The summed E-state index contributed by atoms with van der Waals surface area (Å²) in [6.07, 6.45) is 2.66. The number of aliphatic hydroxyl groups is 1. The van der Waals surface area contributed by atoms with Gasteiger partial charge in [0.2, 0.25) is 0 Å². The average molecular weight is 170 g/mol. The molecule has 1 unspecified atom stereocenters. The van der Waals surface area contributed by atoms with E-state index in [0.717, 1.165) is 19.4 Å². The van der Waals surface area contributed by atoms with E-state index in [4.69, 9.17) is 0 Å². The van der Waals surface area contributed by atoms with Gasteiger partial charge in [-0.2, -0.15) is 0 Å². The number of hydrogen-bond acceptors (Lipinski definition) is 3. The van der Waals surface area contributed by atoms with Crippen LogP contribution in [0.3, 0.4) is 0 Å². The third-order valence-electron chi connectivity index (χ3n) is 2.47. The summed E-state index contributed by atoms with van der Waals surface area (Å²) >= 11 is 0. The topological polar surface area (TPSA) is 61.4 Å². The standard InChI is InChI=1S/C8H14N2O2/c11-7(10-6-1-2-6)8(12)3-4-9-5-8/h6,9,12H,1-5H2,(H,10,11). The Morgan fingerprint density at radius 3 is 2.83 bits per heavy atom. The molecule has 4 heteroatoms. The van der Waals surface area contributed by atoms with Gasteiger partial charge in [0.1, 0.15) is 0 Å². The van der Waals surface area contributed by atoms with Crippen LogP contribution in [0.5, 0.6) is 0 Å². The van der Waals surface area contributed by atoms with Crippen molar-refractivity contribution >= 4 is 5.91 Å². The lowest BCUT2D eigenvalue weighted by atomic mass is 10.0. The Morgan fingerprint density at radius 2 is 2.33 bits per heavy atom. The van der Waals surface area contributed by atoms with Gasteiger partial charge in [-0.3, -0.25) is 4.79 Å². The molecule has 3 N–H and O–H groups in total. The number of carbonyl (C=O) groups is 1. The molecule has 0 aromatic rings. The predicted molar refractivity (Wildman–Crippen MR) is 43.6 cm³/mol. The van der Waals surface area contributed by atoms with Crippen molar-refractivity contribution in [3.8, 4) is 0 Å². The fourth-order valence-electron chi connectivity index (χ4n) is 1.42. The quantitative estimate of drug-likeness (QED) is 0.497. The molecule has 0 aromatic carbocycles. The van der Waals surface area contributed by atoms with Gasteiger partial charge in [0.15, 0.2) is 5.60 Å². The second kappa shape index (κ2) is 2.71. The highest BCUT2D eigenvalue weighted by molar-refractivity contribution is 5.86. The Labute approximate surface area is 71.3 Å². The molecule has 4 nitrogen and oxygen atoms in total. The minimum atomic E-state index is -1.14. The number of rotatable bonds is 2. The van der Waals surface area contributed by atoms with E-state index in [2.05, 4.69) is 10.6 Å². The summed E-state index contributed by atoms with van der Waals surface area (Å²) in [5, 5.41) is 15.5. The highest BCUT2D eigenvalue weighted by Gasteiger charge is 2.40. The maximum atomic E-state index is 11.4. The van der Waals surface area contributed by atoms with Crippen molar-refractivity contribution in [1.29, 1.82) is 0 Å². The average Bonchev–Trinajstić information content (AvgIpc) is 2.73. The van der Waals surface area contributed by atoms with Gasteiger partial charge in [0.25, 0.3) is 5.91 Å². The molecule has 1 saturated heterocycles. The zero-order chi connectivity index (χ0) is 8.60. The van der Waals surface area contributed by atoms with E-state index in [1.807, 2.05) is 0 Å². The molecule has 2 rings (SSSR count). The lowest BCUT2D eigenvalue weighted by molar-refractivity contribution is -0.137. The van der Waals surface area contributed by atoms with Gasteiger partial charge in [-0.15, -0.1) is 0 Å². The summed E-state index contributed by atoms with van der Waals surface area (Å²) in [6.45, 7) is 1.13. The summed E-state index contributed by atoms with van der Waals surface area (Å²) in [6, 6.07) is 0.335. The van der Waals surface area contributed by atoms with Crippen molar-refractivity contribution in [2.24, 2.45) is 0 Å². The monoisotopic (exact) mass is 170 g/mol. The molecule has 2 fully saturated rings. The molecule has 68 valence electrons. The Bertz CT molecular complexity index is 195. The number of carbonyl (C=O) groups excluding carboxylic acids is 1. The fraction of sp³-hybridized carbons (Fsp3) is 0.875. The maximum Gasteiger partial charge on any atom is 0.253 e. The minimum Gasteiger partial charge on any atom is -0.379 e. The number of amides is 1. The predicted octanol–water partition coefficient (Wildman–Crippen LogP) is -1.01. The molecule has 12 heavy (non-hydrogen) atoms. The van der Waals surface area contributed by atoms with Crippen LogP contribution in [-0.4, -0.2) is 35.7 Å². The van der Waals surface area contributed by atoms with E-state index in [1.165, 1.54) is 0 Å². The Balaban J connectivity index is 1.91. The third kappa shape index (κ3) is 1.44. The van der Waals surface area contributed by atoms with Crippen molar-refractivity contribution in [3.63, 3.8) is 0 Å². The largest absolute Gasteiger partial charge is 0.379 e. The summed E-state index contributed by atoms with van der Waals surface area (Å²) in [5.74, 6) is -0.199. The maximum absolute atomic E-state index is 11.4. The second-order valence-corrected chi connectivity index (χ2v) is 3.71. The van der Waals surface area contributed by atoms with Gasteiger partial charge in [-0.05, 0) is 25.8 Å². The number of nitrogens with one attached hydrogen (secondary N) is 2. The molecule has 0 bridgehead atoms. The SMILES string of the molecule is O=C(NC1CC1)C1(O)CCNC1. The van der Waals surface area contributed by atoms with E-state index >= 15 is 0 Å². The van der Waals surface area contributed by atoms with E-state index in [9.17, 15) is 9.90 Å². The molecule has 0 aromatic heterocycles. The van der Waals surface area contributed by atoms with Crippen LogP contribution in [0.4, 0.5) is 0 Å². The lowest BCUT2D eigenvalue weighted by Crippen LogP contribution is -2.49. The molecule has 1 saturated carbocycles. The molecule has 2 aliphatic rings. The van der Waals surface area contributed by atoms with Crippen LogP contribution in [0.25, 0.3) is 0 Å². The second-order valence-electron chi connectivity index (χ2n) is 3.71. The minimum absolute atomic E-state index is 0.199. The van der Waals surface area contributed by atoms with E-state index in [-0.39, 0.29) is 5.91 Å². The Hall–Kier alpha value is -0.610.